The second-order valence-corrected chi connectivity index (χ2v) is 4.12. The molecule has 1 N–H and O–H groups in total. The number of nitrogens with one attached hydrogen (secondary N) is 1. The van der Waals surface area contributed by atoms with Crippen LogP contribution in [0.25, 0.3) is 0 Å². The van der Waals surface area contributed by atoms with Crippen molar-refractivity contribution in [1.29, 1.82) is 0 Å². The molecule has 0 aliphatic rings. The third kappa shape index (κ3) is 4.87. The summed E-state index contributed by atoms with van der Waals surface area (Å²) in [5.41, 5.74) is 0.905. The van der Waals surface area contributed by atoms with Gasteiger partial charge in [-0.05, 0) is 31.5 Å². The number of benzene rings is 1. The van der Waals surface area contributed by atoms with Crippen LogP contribution in [0.2, 0.25) is 0 Å². The first-order valence-electron chi connectivity index (χ1n) is 6.31. The Bertz CT molecular complexity index is 423. The number of carbonyl (C=O) groups is 1. The molecule has 1 atom stereocenters. The van der Waals surface area contributed by atoms with Crippen LogP contribution in [0.15, 0.2) is 18.2 Å². The number of halogens is 1. The van der Waals surface area contributed by atoms with Crippen molar-refractivity contribution < 1.29 is 18.7 Å². The van der Waals surface area contributed by atoms with E-state index in [1.165, 1.54) is 13.2 Å². The Morgan fingerprint density at radius 1 is 1.47 bits per heavy atom. The minimum atomic E-state index is -0.384. The van der Waals surface area contributed by atoms with Gasteiger partial charge in [0.1, 0.15) is 0 Å². The maximum Gasteiger partial charge on any atom is 0.307 e. The van der Waals surface area contributed by atoms with Gasteiger partial charge in [0.25, 0.3) is 0 Å². The number of rotatable bonds is 7. The van der Waals surface area contributed by atoms with Crippen LogP contribution in [-0.2, 0) is 9.53 Å². The summed E-state index contributed by atoms with van der Waals surface area (Å²) in [6.45, 7) is 4.62. The number of carbonyl (C=O) groups excluding carboxylic acids is 1. The van der Waals surface area contributed by atoms with Gasteiger partial charge in [0, 0.05) is 12.6 Å². The number of hydrogen-bond donors (Lipinski definition) is 1. The Morgan fingerprint density at radius 2 is 2.21 bits per heavy atom. The fraction of sp³-hybridized carbons (Fsp3) is 0.500. The molecule has 0 fully saturated rings. The lowest BCUT2D eigenvalue weighted by molar-refractivity contribution is -0.143. The average molecular weight is 269 g/mol. The van der Waals surface area contributed by atoms with Gasteiger partial charge >= 0.3 is 5.97 Å². The number of ether oxygens (including phenoxy) is 2. The van der Waals surface area contributed by atoms with Crippen molar-refractivity contribution in [3.63, 3.8) is 0 Å². The minimum Gasteiger partial charge on any atom is -0.494 e. The molecule has 0 radical (unpaired) electrons. The summed E-state index contributed by atoms with van der Waals surface area (Å²) in [6, 6.07) is 4.72. The lowest BCUT2D eigenvalue weighted by Crippen LogP contribution is -2.22. The molecule has 0 bridgehead atoms. The zero-order valence-electron chi connectivity index (χ0n) is 11.5. The summed E-state index contributed by atoms with van der Waals surface area (Å²) >= 11 is 0. The first-order chi connectivity index (χ1) is 9.08. The zero-order chi connectivity index (χ0) is 14.3. The third-order valence-electron chi connectivity index (χ3n) is 2.76. The molecule has 4 nitrogen and oxygen atoms in total. The first kappa shape index (κ1) is 15.4. The summed E-state index contributed by atoms with van der Waals surface area (Å²) < 4.78 is 23.0. The van der Waals surface area contributed by atoms with E-state index in [4.69, 9.17) is 9.47 Å². The number of esters is 1. The molecule has 0 saturated heterocycles. The maximum atomic E-state index is 13.3. The van der Waals surface area contributed by atoms with Crippen LogP contribution < -0.4 is 10.1 Å². The minimum absolute atomic E-state index is 0.00364. The van der Waals surface area contributed by atoms with Crippen LogP contribution in [0.1, 0.15) is 31.9 Å². The summed E-state index contributed by atoms with van der Waals surface area (Å²) in [7, 11) is 1.43. The van der Waals surface area contributed by atoms with Crippen molar-refractivity contribution in [3.8, 4) is 5.75 Å². The first-order valence-corrected chi connectivity index (χ1v) is 6.31. The molecule has 1 aromatic rings. The van der Waals surface area contributed by atoms with Crippen molar-refractivity contribution in [2.24, 2.45) is 0 Å². The van der Waals surface area contributed by atoms with E-state index in [-0.39, 0.29) is 23.6 Å². The smallest absolute Gasteiger partial charge is 0.307 e. The molecule has 1 unspecified atom stereocenters. The second-order valence-electron chi connectivity index (χ2n) is 4.12. The quantitative estimate of drug-likeness (QED) is 0.772. The molecule has 106 valence electrons. The topological polar surface area (TPSA) is 47.6 Å². The van der Waals surface area contributed by atoms with Crippen LogP contribution in [0.5, 0.6) is 5.75 Å². The van der Waals surface area contributed by atoms with E-state index in [1.54, 1.807) is 19.1 Å². The molecule has 0 aromatic heterocycles. The fourth-order valence-corrected chi connectivity index (χ4v) is 1.69. The normalized spacial score (nSPS) is 12.0. The highest BCUT2D eigenvalue weighted by Crippen LogP contribution is 2.22. The average Bonchev–Trinajstić information content (AvgIpc) is 2.39. The Labute approximate surface area is 112 Å². The van der Waals surface area contributed by atoms with Gasteiger partial charge in [-0.3, -0.25) is 4.79 Å². The summed E-state index contributed by atoms with van der Waals surface area (Å²) in [5.74, 6) is -0.389. The number of hydrogen-bond acceptors (Lipinski definition) is 4. The monoisotopic (exact) mass is 269 g/mol. The SMILES string of the molecule is CCOC(=O)CCNC(C)c1ccc(F)c(OC)c1. The lowest BCUT2D eigenvalue weighted by Gasteiger charge is -2.15. The van der Waals surface area contributed by atoms with Crippen molar-refractivity contribution in [3.05, 3.63) is 29.6 Å². The van der Waals surface area contributed by atoms with E-state index < -0.39 is 0 Å². The highest BCUT2D eigenvalue weighted by Gasteiger charge is 2.10. The molecular weight excluding hydrogens is 249 g/mol. The fourth-order valence-electron chi connectivity index (χ4n) is 1.69. The molecule has 1 rings (SSSR count). The van der Waals surface area contributed by atoms with E-state index in [2.05, 4.69) is 5.32 Å². The van der Waals surface area contributed by atoms with Gasteiger partial charge in [-0.25, -0.2) is 4.39 Å². The van der Waals surface area contributed by atoms with E-state index in [9.17, 15) is 9.18 Å². The molecular formula is C14H20FNO3. The molecule has 0 amide bonds. The van der Waals surface area contributed by atoms with E-state index in [1.807, 2.05) is 6.92 Å². The van der Waals surface area contributed by atoms with Crippen LogP contribution in [0.3, 0.4) is 0 Å². The van der Waals surface area contributed by atoms with Crippen molar-refractivity contribution in [2.75, 3.05) is 20.3 Å². The molecule has 0 aliphatic heterocycles. The lowest BCUT2D eigenvalue weighted by atomic mass is 10.1. The Balaban J connectivity index is 2.49. The van der Waals surface area contributed by atoms with Crippen molar-refractivity contribution >= 4 is 5.97 Å². The standard InChI is InChI=1S/C14H20FNO3/c1-4-19-14(17)7-8-16-10(2)11-5-6-12(15)13(9-11)18-3/h5-6,9-10,16H,4,7-8H2,1-3H3. The van der Waals surface area contributed by atoms with Gasteiger partial charge in [-0.15, -0.1) is 0 Å². The second kappa shape index (κ2) is 7.74. The highest BCUT2D eigenvalue weighted by molar-refractivity contribution is 5.69. The Hall–Kier alpha value is -1.62. The summed E-state index contributed by atoms with van der Waals surface area (Å²) in [4.78, 5) is 11.2. The van der Waals surface area contributed by atoms with Crippen LogP contribution >= 0.6 is 0 Å². The molecule has 19 heavy (non-hydrogen) atoms. The van der Waals surface area contributed by atoms with Crippen LogP contribution in [-0.4, -0.2) is 26.2 Å². The molecule has 1 aromatic carbocycles. The van der Waals surface area contributed by atoms with Gasteiger partial charge in [0.2, 0.25) is 0 Å². The van der Waals surface area contributed by atoms with E-state index in [0.29, 0.717) is 19.6 Å². The summed E-state index contributed by atoms with van der Waals surface area (Å²) in [5, 5.41) is 3.18. The largest absolute Gasteiger partial charge is 0.494 e. The van der Waals surface area contributed by atoms with Crippen molar-refractivity contribution in [1.82, 2.24) is 5.32 Å². The zero-order valence-corrected chi connectivity index (χ0v) is 11.5. The molecule has 0 spiro atoms. The van der Waals surface area contributed by atoms with Gasteiger partial charge in [-0.1, -0.05) is 6.07 Å². The Kier molecular flexibility index (Phi) is 6.29. The van der Waals surface area contributed by atoms with Gasteiger partial charge in [0.05, 0.1) is 20.1 Å². The third-order valence-corrected chi connectivity index (χ3v) is 2.76. The van der Waals surface area contributed by atoms with Gasteiger partial charge in [0.15, 0.2) is 11.6 Å². The van der Waals surface area contributed by atoms with E-state index >= 15 is 0 Å². The van der Waals surface area contributed by atoms with Crippen LogP contribution in [0, 0.1) is 5.82 Å². The van der Waals surface area contributed by atoms with Gasteiger partial charge < -0.3 is 14.8 Å². The number of methoxy groups -OCH3 is 1. The molecule has 0 aliphatic carbocycles. The molecule has 0 heterocycles. The predicted octanol–water partition coefficient (Wildman–Crippen LogP) is 2.44. The van der Waals surface area contributed by atoms with Gasteiger partial charge in [-0.2, -0.15) is 0 Å². The molecule has 5 heteroatoms. The maximum absolute atomic E-state index is 13.3. The summed E-state index contributed by atoms with van der Waals surface area (Å²) in [6.07, 6.45) is 0.316. The van der Waals surface area contributed by atoms with Crippen LogP contribution in [0.4, 0.5) is 4.39 Å². The predicted molar refractivity (Wildman–Crippen MR) is 70.6 cm³/mol. The van der Waals surface area contributed by atoms with E-state index in [0.717, 1.165) is 5.56 Å². The highest BCUT2D eigenvalue weighted by atomic mass is 19.1. The Morgan fingerprint density at radius 3 is 2.84 bits per heavy atom. The molecule has 0 saturated carbocycles. The van der Waals surface area contributed by atoms with Crippen molar-refractivity contribution in [2.45, 2.75) is 26.3 Å².